The standard InChI is InChI=1S/C22H18N6O4S2/c23-20-19(21-24-15-8-3-4-9-16(15)25-21)17(29)12-28(20)26-22(30)13-6-1-2-7-14(13)27-34(31,32)18-10-5-11-33-18/h1-11,23,27,29H,12H2,(H,24,25)(H,26,30). The number of imidazole rings is 1. The zero-order valence-electron chi connectivity index (χ0n) is 17.4. The first-order chi connectivity index (χ1) is 16.3. The number of carbonyl (C=O) groups excluding carboxylic acids is 1. The number of carbonyl (C=O) groups is 1. The number of aliphatic hydroxyl groups excluding tert-OH is 1. The van der Waals surface area contributed by atoms with E-state index >= 15 is 0 Å². The number of aromatic nitrogens is 2. The van der Waals surface area contributed by atoms with E-state index in [-0.39, 0.29) is 39.2 Å². The third kappa shape index (κ3) is 3.89. The first-order valence-electron chi connectivity index (χ1n) is 10.0. The molecule has 1 amide bonds. The first kappa shape index (κ1) is 21.7. The van der Waals surface area contributed by atoms with Gasteiger partial charge in [0.25, 0.3) is 15.9 Å². The molecule has 1 aliphatic rings. The van der Waals surface area contributed by atoms with Crippen LogP contribution in [0.3, 0.4) is 0 Å². The van der Waals surface area contributed by atoms with Crippen molar-refractivity contribution in [3.05, 3.63) is 83.2 Å². The normalized spacial score (nSPS) is 14.1. The van der Waals surface area contributed by atoms with Gasteiger partial charge in [0, 0.05) is 0 Å². The van der Waals surface area contributed by atoms with Crippen molar-refractivity contribution in [2.24, 2.45) is 0 Å². The lowest BCUT2D eigenvalue weighted by molar-refractivity contribution is 0.0875. The van der Waals surface area contributed by atoms with E-state index in [2.05, 4.69) is 20.1 Å². The van der Waals surface area contributed by atoms with Crippen LogP contribution in [-0.4, -0.2) is 46.8 Å². The molecule has 0 bridgehead atoms. The number of amides is 1. The molecular formula is C22H18N6O4S2. The molecule has 0 atom stereocenters. The minimum absolute atomic E-state index is 0.0621. The Morgan fingerprint density at radius 3 is 2.65 bits per heavy atom. The van der Waals surface area contributed by atoms with Gasteiger partial charge in [-0.2, -0.15) is 0 Å². The van der Waals surface area contributed by atoms with Gasteiger partial charge in [-0.3, -0.25) is 25.4 Å². The van der Waals surface area contributed by atoms with E-state index in [1.165, 1.54) is 23.2 Å². The SMILES string of the molecule is N=C1C(c2nc3ccccc3[nH]2)=C(O)CN1NC(=O)c1ccccc1NS(=O)(=O)c1cccs1. The lowest BCUT2D eigenvalue weighted by Gasteiger charge is -2.20. The van der Waals surface area contributed by atoms with Gasteiger partial charge >= 0.3 is 0 Å². The summed E-state index contributed by atoms with van der Waals surface area (Å²) in [5.74, 6) is -0.616. The van der Waals surface area contributed by atoms with E-state index in [1.807, 2.05) is 18.2 Å². The van der Waals surface area contributed by atoms with E-state index < -0.39 is 15.9 Å². The molecule has 172 valence electrons. The van der Waals surface area contributed by atoms with Gasteiger partial charge in [-0.05, 0) is 35.7 Å². The summed E-state index contributed by atoms with van der Waals surface area (Å²) in [6, 6.07) is 16.5. The highest BCUT2D eigenvalue weighted by Crippen LogP contribution is 2.27. The van der Waals surface area contributed by atoms with Crippen molar-refractivity contribution in [1.29, 1.82) is 5.41 Å². The zero-order chi connectivity index (χ0) is 23.9. The Kier molecular flexibility index (Phi) is 5.30. The number of fused-ring (bicyclic) bond motifs is 1. The van der Waals surface area contributed by atoms with Crippen LogP contribution in [-0.2, 0) is 10.0 Å². The van der Waals surface area contributed by atoms with Crippen molar-refractivity contribution < 1.29 is 18.3 Å². The van der Waals surface area contributed by atoms with Crippen LogP contribution in [0.1, 0.15) is 16.2 Å². The average Bonchev–Trinajstić information content (AvgIpc) is 3.54. The highest BCUT2D eigenvalue weighted by atomic mass is 32.2. The third-order valence-electron chi connectivity index (χ3n) is 5.14. The van der Waals surface area contributed by atoms with Crippen molar-refractivity contribution in [1.82, 2.24) is 20.4 Å². The van der Waals surface area contributed by atoms with Crippen LogP contribution >= 0.6 is 11.3 Å². The molecule has 34 heavy (non-hydrogen) atoms. The minimum Gasteiger partial charge on any atom is -0.509 e. The molecule has 0 spiro atoms. The smallest absolute Gasteiger partial charge is 0.271 e. The largest absolute Gasteiger partial charge is 0.509 e. The highest BCUT2D eigenvalue weighted by Gasteiger charge is 2.32. The van der Waals surface area contributed by atoms with Gasteiger partial charge in [-0.1, -0.05) is 30.3 Å². The van der Waals surface area contributed by atoms with Gasteiger partial charge in [0.05, 0.1) is 28.8 Å². The number of H-pyrrole nitrogens is 1. The van der Waals surface area contributed by atoms with Crippen LogP contribution in [0.15, 0.2) is 76.0 Å². The second-order valence-corrected chi connectivity index (χ2v) is 10.2. The fraction of sp³-hybridized carbons (Fsp3) is 0.0455. The van der Waals surface area contributed by atoms with Crippen LogP contribution < -0.4 is 10.1 Å². The number of benzene rings is 2. The van der Waals surface area contributed by atoms with Crippen LogP contribution in [0.25, 0.3) is 16.6 Å². The van der Waals surface area contributed by atoms with Crippen molar-refractivity contribution in [3.8, 4) is 0 Å². The molecule has 1 aliphatic heterocycles. The van der Waals surface area contributed by atoms with Gasteiger partial charge in [0.15, 0.2) is 5.84 Å². The molecular weight excluding hydrogens is 476 g/mol. The number of hydrazine groups is 1. The quantitative estimate of drug-likeness (QED) is 0.277. The molecule has 5 rings (SSSR count). The maximum absolute atomic E-state index is 13.0. The minimum atomic E-state index is -3.86. The molecule has 4 aromatic rings. The Morgan fingerprint density at radius 2 is 1.88 bits per heavy atom. The Hall–Kier alpha value is -4.16. The van der Waals surface area contributed by atoms with Gasteiger partial charge in [0.1, 0.15) is 21.4 Å². The van der Waals surface area contributed by atoms with Gasteiger partial charge in [-0.15, -0.1) is 11.3 Å². The Balaban J connectivity index is 1.36. The molecule has 0 saturated carbocycles. The van der Waals surface area contributed by atoms with Gasteiger partial charge in [0.2, 0.25) is 0 Å². The summed E-state index contributed by atoms with van der Waals surface area (Å²) < 4.78 is 27.8. The maximum atomic E-state index is 13.0. The van der Waals surface area contributed by atoms with Crippen molar-refractivity contribution in [2.75, 3.05) is 11.3 Å². The van der Waals surface area contributed by atoms with Crippen LogP contribution in [0.5, 0.6) is 0 Å². The van der Waals surface area contributed by atoms with Crippen LogP contribution in [0.4, 0.5) is 5.69 Å². The number of anilines is 1. The van der Waals surface area contributed by atoms with E-state index in [1.54, 1.807) is 29.6 Å². The predicted octanol–water partition coefficient (Wildman–Crippen LogP) is 3.33. The van der Waals surface area contributed by atoms with Crippen molar-refractivity contribution in [3.63, 3.8) is 0 Å². The Bertz CT molecular complexity index is 1520. The number of sulfonamides is 1. The molecule has 5 N–H and O–H groups in total. The third-order valence-corrected chi connectivity index (χ3v) is 7.90. The number of aromatic amines is 1. The summed E-state index contributed by atoms with van der Waals surface area (Å²) in [4.78, 5) is 20.5. The Labute approximate surface area is 198 Å². The molecule has 0 radical (unpaired) electrons. The summed E-state index contributed by atoms with van der Waals surface area (Å²) in [6.07, 6.45) is 0. The number of thiophene rings is 1. The number of aliphatic hydroxyl groups is 1. The summed E-state index contributed by atoms with van der Waals surface area (Å²) in [5, 5.41) is 21.8. The molecule has 3 heterocycles. The number of amidine groups is 1. The number of nitrogens with one attached hydrogen (secondary N) is 4. The van der Waals surface area contributed by atoms with Crippen molar-refractivity contribution in [2.45, 2.75) is 4.21 Å². The summed E-state index contributed by atoms with van der Waals surface area (Å²) in [6.45, 7) is -0.139. The predicted molar refractivity (Wildman–Crippen MR) is 129 cm³/mol. The summed E-state index contributed by atoms with van der Waals surface area (Å²) >= 11 is 1.06. The second-order valence-electron chi connectivity index (χ2n) is 7.38. The monoisotopic (exact) mass is 494 g/mol. The lowest BCUT2D eigenvalue weighted by Crippen LogP contribution is -2.44. The van der Waals surface area contributed by atoms with Gasteiger partial charge < -0.3 is 10.1 Å². The highest BCUT2D eigenvalue weighted by molar-refractivity contribution is 7.94. The molecule has 10 nitrogen and oxygen atoms in total. The molecule has 0 aliphatic carbocycles. The van der Waals surface area contributed by atoms with Crippen LogP contribution in [0, 0.1) is 5.41 Å². The first-order valence-corrected chi connectivity index (χ1v) is 12.4. The molecule has 0 saturated heterocycles. The average molecular weight is 495 g/mol. The molecule has 0 fully saturated rings. The number of rotatable bonds is 6. The maximum Gasteiger partial charge on any atom is 0.271 e. The Morgan fingerprint density at radius 1 is 1.12 bits per heavy atom. The van der Waals surface area contributed by atoms with Crippen LogP contribution in [0.2, 0.25) is 0 Å². The topological polar surface area (TPSA) is 151 Å². The number of nitrogens with zero attached hydrogens (tertiary/aromatic N) is 2. The summed E-state index contributed by atoms with van der Waals surface area (Å²) in [5.41, 5.74) is 4.32. The van der Waals surface area contributed by atoms with Crippen molar-refractivity contribution >= 4 is 55.4 Å². The second kappa shape index (κ2) is 8.32. The molecule has 12 heteroatoms. The molecule has 0 unspecified atom stereocenters. The number of para-hydroxylation sites is 3. The number of hydrogen-bond donors (Lipinski definition) is 5. The number of hydrogen-bond acceptors (Lipinski definition) is 7. The van der Waals surface area contributed by atoms with E-state index in [9.17, 15) is 18.3 Å². The van der Waals surface area contributed by atoms with E-state index in [0.717, 1.165) is 16.9 Å². The molecule has 2 aromatic heterocycles. The fourth-order valence-corrected chi connectivity index (χ4v) is 5.63. The zero-order valence-corrected chi connectivity index (χ0v) is 19.1. The summed E-state index contributed by atoms with van der Waals surface area (Å²) in [7, 11) is -3.86. The van der Waals surface area contributed by atoms with E-state index in [4.69, 9.17) is 5.41 Å². The molecule has 2 aromatic carbocycles. The fourth-order valence-electron chi connectivity index (χ4n) is 3.56. The lowest BCUT2D eigenvalue weighted by atomic mass is 10.2. The van der Waals surface area contributed by atoms with Gasteiger partial charge in [-0.25, -0.2) is 13.4 Å². The van der Waals surface area contributed by atoms with E-state index in [0.29, 0.717) is 11.3 Å².